The average molecular weight is 248 g/mol. The largest absolute Gasteiger partial charge is 0.388 e. The van der Waals surface area contributed by atoms with Crippen molar-refractivity contribution in [1.82, 2.24) is 0 Å². The summed E-state index contributed by atoms with van der Waals surface area (Å²) in [5.74, 6) is 0.254. The second kappa shape index (κ2) is 5.02. The minimum absolute atomic E-state index is 0.254. The Balaban J connectivity index is 2.49. The Labute approximate surface area is 110 Å². The summed E-state index contributed by atoms with van der Waals surface area (Å²) in [6, 6.07) is 0. The first-order valence-electron chi connectivity index (χ1n) is 6.77. The van der Waals surface area contributed by atoms with Gasteiger partial charge in [-0.05, 0) is 74.4 Å². The van der Waals surface area contributed by atoms with Gasteiger partial charge in [-0.25, -0.2) is 0 Å². The Kier molecular flexibility index (Phi) is 3.79. The lowest BCUT2D eigenvalue weighted by molar-refractivity contribution is 0.0907. The van der Waals surface area contributed by atoms with Gasteiger partial charge in [0.15, 0.2) is 0 Å². The normalized spacial score (nSPS) is 21.3. The first-order chi connectivity index (χ1) is 8.45. The smallest absolute Gasteiger partial charge is 0.0846 e. The summed E-state index contributed by atoms with van der Waals surface area (Å²) in [7, 11) is 0. The Morgan fingerprint density at radius 1 is 0.944 bits per heavy atom. The van der Waals surface area contributed by atoms with Crippen LogP contribution in [0, 0.1) is 40.5 Å². The molecule has 0 aromatic heterocycles. The monoisotopic (exact) mass is 248 g/mol. The van der Waals surface area contributed by atoms with Crippen molar-refractivity contribution >= 4 is 0 Å². The van der Waals surface area contributed by atoms with Gasteiger partial charge in [-0.1, -0.05) is 0 Å². The standard InChI is InChI=1S/C16H24O2/c1-9-10(2)12(4)15(13(5)11(9)3)16(17)14-6-7-18-8-14/h14,16-17H,6-8H2,1-5H3. The van der Waals surface area contributed by atoms with Gasteiger partial charge >= 0.3 is 0 Å². The third kappa shape index (κ3) is 2.08. The Morgan fingerprint density at radius 2 is 1.44 bits per heavy atom. The van der Waals surface area contributed by atoms with Gasteiger partial charge in [-0.2, -0.15) is 0 Å². The molecule has 0 spiro atoms. The lowest BCUT2D eigenvalue weighted by Gasteiger charge is -2.25. The molecule has 0 radical (unpaired) electrons. The van der Waals surface area contributed by atoms with Gasteiger partial charge in [-0.15, -0.1) is 0 Å². The summed E-state index contributed by atoms with van der Waals surface area (Å²) in [6.45, 7) is 12.2. The van der Waals surface area contributed by atoms with Crippen LogP contribution < -0.4 is 0 Å². The maximum atomic E-state index is 10.6. The van der Waals surface area contributed by atoms with Crippen molar-refractivity contribution in [2.45, 2.75) is 47.1 Å². The quantitative estimate of drug-likeness (QED) is 0.870. The molecule has 2 atom stereocenters. The second-order valence-corrected chi connectivity index (χ2v) is 5.61. The van der Waals surface area contributed by atoms with Gasteiger partial charge in [0.25, 0.3) is 0 Å². The van der Waals surface area contributed by atoms with Gasteiger partial charge in [-0.3, -0.25) is 0 Å². The van der Waals surface area contributed by atoms with Crippen molar-refractivity contribution in [2.24, 2.45) is 5.92 Å². The summed E-state index contributed by atoms with van der Waals surface area (Å²) in [5.41, 5.74) is 7.59. The number of hydrogen-bond donors (Lipinski definition) is 1. The highest BCUT2D eigenvalue weighted by atomic mass is 16.5. The SMILES string of the molecule is Cc1c(C)c(C)c(C(O)C2CCOC2)c(C)c1C. The summed E-state index contributed by atoms with van der Waals surface area (Å²) < 4.78 is 5.40. The Morgan fingerprint density at radius 3 is 1.89 bits per heavy atom. The molecule has 100 valence electrons. The van der Waals surface area contributed by atoms with Crippen LogP contribution in [0.3, 0.4) is 0 Å². The van der Waals surface area contributed by atoms with E-state index in [0.29, 0.717) is 6.61 Å². The van der Waals surface area contributed by atoms with Crippen LogP contribution in [0.5, 0.6) is 0 Å². The van der Waals surface area contributed by atoms with Crippen LogP contribution in [0.2, 0.25) is 0 Å². The van der Waals surface area contributed by atoms with Crippen molar-refractivity contribution in [1.29, 1.82) is 0 Å². The van der Waals surface area contributed by atoms with E-state index >= 15 is 0 Å². The molecule has 1 aliphatic heterocycles. The molecule has 18 heavy (non-hydrogen) atoms. The molecule has 2 rings (SSSR count). The van der Waals surface area contributed by atoms with Crippen molar-refractivity contribution in [3.8, 4) is 0 Å². The fourth-order valence-electron chi connectivity index (χ4n) is 3.01. The molecule has 1 N–H and O–H groups in total. The predicted octanol–water partition coefficient (Wildman–Crippen LogP) is 3.30. The number of benzene rings is 1. The number of aliphatic hydroxyl groups excluding tert-OH is 1. The third-order valence-electron chi connectivity index (χ3n) is 4.77. The van der Waals surface area contributed by atoms with Crippen LogP contribution in [0.1, 0.15) is 45.9 Å². The van der Waals surface area contributed by atoms with Gasteiger partial charge in [0.1, 0.15) is 0 Å². The third-order valence-corrected chi connectivity index (χ3v) is 4.77. The van der Waals surface area contributed by atoms with Crippen molar-refractivity contribution < 1.29 is 9.84 Å². The van der Waals surface area contributed by atoms with Gasteiger partial charge in [0, 0.05) is 12.5 Å². The zero-order chi connectivity index (χ0) is 13.4. The maximum absolute atomic E-state index is 10.6. The zero-order valence-corrected chi connectivity index (χ0v) is 12.1. The van der Waals surface area contributed by atoms with Crippen LogP contribution in [0.4, 0.5) is 0 Å². The van der Waals surface area contributed by atoms with Gasteiger partial charge in [0.05, 0.1) is 12.7 Å². The van der Waals surface area contributed by atoms with Crippen molar-refractivity contribution in [2.75, 3.05) is 13.2 Å². The summed E-state index contributed by atoms with van der Waals surface area (Å²) >= 11 is 0. The van der Waals surface area contributed by atoms with E-state index in [0.717, 1.165) is 18.6 Å². The lowest BCUT2D eigenvalue weighted by atomic mass is 9.83. The molecule has 0 aliphatic carbocycles. The molecule has 1 saturated heterocycles. The number of rotatable bonds is 2. The van der Waals surface area contributed by atoms with E-state index in [4.69, 9.17) is 4.74 Å². The molecular weight excluding hydrogens is 224 g/mol. The first-order valence-corrected chi connectivity index (χ1v) is 6.77. The fraction of sp³-hybridized carbons (Fsp3) is 0.625. The van der Waals surface area contributed by atoms with Crippen molar-refractivity contribution in [3.63, 3.8) is 0 Å². The summed E-state index contributed by atoms with van der Waals surface area (Å²) in [4.78, 5) is 0. The first kappa shape index (κ1) is 13.6. The lowest BCUT2D eigenvalue weighted by Crippen LogP contribution is -2.16. The fourth-order valence-corrected chi connectivity index (χ4v) is 3.01. The zero-order valence-electron chi connectivity index (χ0n) is 12.1. The molecule has 0 bridgehead atoms. The van der Waals surface area contributed by atoms with E-state index in [2.05, 4.69) is 34.6 Å². The Bertz CT molecular complexity index is 428. The predicted molar refractivity (Wildman–Crippen MR) is 74.0 cm³/mol. The number of aliphatic hydroxyl groups is 1. The molecule has 2 unspecified atom stereocenters. The van der Waals surface area contributed by atoms with Crippen molar-refractivity contribution in [3.05, 3.63) is 33.4 Å². The van der Waals surface area contributed by atoms with E-state index in [1.807, 2.05) is 0 Å². The minimum Gasteiger partial charge on any atom is -0.388 e. The molecule has 0 saturated carbocycles. The van der Waals surface area contributed by atoms with Crippen LogP contribution in [0.25, 0.3) is 0 Å². The number of ether oxygens (including phenoxy) is 1. The molecule has 1 aliphatic rings. The topological polar surface area (TPSA) is 29.5 Å². The van der Waals surface area contributed by atoms with Gasteiger partial charge < -0.3 is 9.84 Å². The van der Waals surface area contributed by atoms with Crippen LogP contribution in [-0.4, -0.2) is 18.3 Å². The van der Waals surface area contributed by atoms with E-state index < -0.39 is 0 Å². The van der Waals surface area contributed by atoms with Crippen LogP contribution in [0.15, 0.2) is 0 Å². The molecule has 2 nitrogen and oxygen atoms in total. The second-order valence-electron chi connectivity index (χ2n) is 5.61. The minimum atomic E-state index is -0.384. The highest BCUT2D eigenvalue weighted by Gasteiger charge is 2.28. The number of hydrogen-bond acceptors (Lipinski definition) is 2. The highest BCUT2D eigenvalue weighted by molar-refractivity contribution is 5.50. The molecule has 1 aromatic rings. The van der Waals surface area contributed by atoms with Crippen LogP contribution in [-0.2, 0) is 4.74 Å². The van der Waals surface area contributed by atoms with E-state index in [1.54, 1.807) is 0 Å². The van der Waals surface area contributed by atoms with E-state index in [-0.39, 0.29) is 12.0 Å². The van der Waals surface area contributed by atoms with E-state index in [9.17, 15) is 5.11 Å². The van der Waals surface area contributed by atoms with E-state index in [1.165, 1.54) is 27.8 Å². The summed E-state index contributed by atoms with van der Waals surface area (Å²) in [5, 5.41) is 10.6. The Hall–Kier alpha value is -0.860. The molecule has 2 heteroatoms. The molecular formula is C16H24O2. The van der Waals surface area contributed by atoms with Crippen LogP contribution >= 0.6 is 0 Å². The molecule has 1 aromatic carbocycles. The van der Waals surface area contributed by atoms with Gasteiger partial charge in [0.2, 0.25) is 0 Å². The summed E-state index contributed by atoms with van der Waals surface area (Å²) in [6.07, 6.45) is 0.581. The maximum Gasteiger partial charge on any atom is 0.0846 e. The average Bonchev–Trinajstić information content (AvgIpc) is 2.88. The highest BCUT2D eigenvalue weighted by Crippen LogP contribution is 2.36. The molecule has 1 fully saturated rings. The molecule has 1 heterocycles. The molecule has 0 amide bonds.